The Morgan fingerprint density at radius 3 is 2.65 bits per heavy atom. The molecule has 1 unspecified atom stereocenters. The first-order chi connectivity index (χ1) is 8.25. The fraction of sp³-hybridized carbons (Fsp3) is 0.0714. The van der Waals surface area contributed by atoms with Gasteiger partial charge in [0.1, 0.15) is 6.10 Å². The van der Waals surface area contributed by atoms with Gasteiger partial charge in [-0.2, -0.15) is 0 Å². The Balaban J connectivity index is 2.25. The van der Waals surface area contributed by atoms with Crippen molar-refractivity contribution in [3.63, 3.8) is 0 Å². The van der Waals surface area contributed by atoms with Crippen LogP contribution in [0.3, 0.4) is 0 Å². The maximum absolute atomic E-state index is 10.4. The summed E-state index contributed by atoms with van der Waals surface area (Å²) in [6.07, 6.45) is 6.88. The van der Waals surface area contributed by atoms with E-state index in [4.69, 9.17) is 0 Å². The fourth-order valence-electron chi connectivity index (χ4n) is 2.08. The number of hydrogen-bond acceptors (Lipinski definition) is 2. The molecule has 1 aliphatic carbocycles. The van der Waals surface area contributed by atoms with Crippen LogP contribution in [-0.4, -0.2) is 10.1 Å². The molecule has 0 saturated carbocycles. The number of hydrogen-bond donors (Lipinski definition) is 1. The summed E-state index contributed by atoms with van der Waals surface area (Å²) in [5.74, 6) is 0. The van der Waals surface area contributed by atoms with Gasteiger partial charge in [-0.3, -0.25) is 4.98 Å². The van der Waals surface area contributed by atoms with Crippen LogP contribution in [0, 0.1) is 0 Å². The van der Waals surface area contributed by atoms with Gasteiger partial charge < -0.3 is 5.11 Å². The second-order valence-electron chi connectivity index (χ2n) is 4.01. The van der Waals surface area contributed by atoms with E-state index in [-0.39, 0.29) is 0 Å². The highest BCUT2D eigenvalue weighted by Crippen LogP contribution is 2.33. The number of nitrogens with zero attached hydrogens (tertiary/aromatic N) is 1. The van der Waals surface area contributed by atoms with Gasteiger partial charge in [-0.25, -0.2) is 0 Å². The number of fused-ring (bicyclic) bond motifs is 2. The van der Waals surface area contributed by atoms with E-state index < -0.39 is 6.10 Å². The minimum atomic E-state index is -0.624. The van der Waals surface area contributed by atoms with Gasteiger partial charge in [0.2, 0.25) is 0 Å². The lowest BCUT2D eigenvalue weighted by molar-refractivity contribution is 0.219. The van der Waals surface area contributed by atoms with Crippen LogP contribution in [0.4, 0.5) is 0 Å². The van der Waals surface area contributed by atoms with Gasteiger partial charge in [0.05, 0.1) is 0 Å². The lowest BCUT2D eigenvalue weighted by Gasteiger charge is -2.14. The summed E-state index contributed by atoms with van der Waals surface area (Å²) in [4.78, 5) is 4.08. The molecule has 1 N–H and O–H groups in total. The average molecular weight is 288 g/mol. The van der Waals surface area contributed by atoms with E-state index in [1.165, 1.54) is 0 Å². The highest BCUT2D eigenvalue weighted by Gasteiger charge is 2.19. The zero-order valence-corrected chi connectivity index (χ0v) is 10.6. The molecule has 2 aromatic rings. The highest BCUT2D eigenvalue weighted by molar-refractivity contribution is 9.10. The molecular formula is C14H10BrNO. The molecule has 1 atom stereocenters. The lowest BCUT2D eigenvalue weighted by Crippen LogP contribution is -2.02. The minimum absolute atomic E-state index is 0.624. The Kier molecular flexibility index (Phi) is 2.57. The molecular weight excluding hydrogens is 278 g/mol. The Morgan fingerprint density at radius 1 is 1.06 bits per heavy atom. The first kappa shape index (κ1) is 10.7. The first-order valence-corrected chi connectivity index (χ1v) is 6.14. The van der Waals surface area contributed by atoms with Gasteiger partial charge in [0, 0.05) is 22.4 Å². The molecule has 84 valence electrons. The number of pyridine rings is 1. The maximum atomic E-state index is 10.4. The average Bonchev–Trinajstić information content (AvgIpc) is 2.49. The molecule has 0 fully saturated rings. The second-order valence-corrected chi connectivity index (χ2v) is 4.93. The molecule has 0 saturated heterocycles. The number of aliphatic hydroxyl groups excluding tert-OH is 1. The van der Waals surface area contributed by atoms with Gasteiger partial charge in [-0.15, -0.1) is 0 Å². The standard InChI is InChI=1S/C14H10BrNO/c15-11-4-3-9-1-2-10-5-6-16-8-13(10)14(17)12(9)7-11/h1-8,14,17H. The van der Waals surface area contributed by atoms with Gasteiger partial charge in [-0.05, 0) is 34.9 Å². The molecule has 0 aliphatic heterocycles. The zero-order chi connectivity index (χ0) is 11.8. The zero-order valence-electron chi connectivity index (χ0n) is 8.97. The number of rotatable bonds is 0. The van der Waals surface area contributed by atoms with Gasteiger partial charge >= 0.3 is 0 Å². The van der Waals surface area contributed by atoms with E-state index in [0.717, 1.165) is 26.7 Å². The molecule has 17 heavy (non-hydrogen) atoms. The molecule has 2 nitrogen and oxygen atoms in total. The van der Waals surface area contributed by atoms with E-state index in [2.05, 4.69) is 20.9 Å². The van der Waals surface area contributed by atoms with Crippen molar-refractivity contribution in [2.45, 2.75) is 6.10 Å². The van der Waals surface area contributed by atoms with Crippen molar-refractivity contribution in [3.05, 3.63) is 63.4 Å². The van der Waals surface area contributed by atoms with Crippen LogP contribution in [0.25, 0.3) is 12.2 Å². The Morgan fingerprint density at radius 2 is 1.82 bits per heavy atom. The third-order valence-electron chi connectivity index (χ3n) is 2.97. The smallest absolute Gasteiger partial charge is 0.107 e. The van der Waals surface area contributed by atoms with Gasteiger partial charge in [0.15, 0.2) is 0 Å². The summed E-state index contributed by atoms with van der Waals surface area (Å²) < 4.78 is 0.969. The molecule has 1 aliphatic rings. The van der Waals surface area contributed by atoms with Crippen molar-refractivity contribution in [2.75, 3.05) is 0 Å². The van der Waals surface area contributed by atoms with E-state index in [0.29, 0.717) is 0 Å². The summed E-state index contributed by atoms with van der Waals surface area (Å²) in [6, 6.07) is 7.84. The lowest BCUT2D eigenvalue weighted by atomic mass is 9.98. The van der Waals surface area contributed by atoms with Gasteiger partial charge in [0.25, 0.3) is 0 Å². The molecule has 1 aromatic heterocycles. The van der Waals surface area contributed by atoms with Crippen LogP contribution >= 0.6 is 15.9 Å². The Labute approximate surface area is 108 Å². The van der Waals surface area contributed by atoms with Crippen molar-refractivity contribution in [2.24, 2.45) is 0 Å². The highest BCUT2D eigenvalue weighted by atomic mass is 79.9. The molecule has 0 bridgehead atoms. The molecule has 1 heterocycles. The molecule has 3 rings (SSSR count). The summed E-state index contributed by atoms with van der Waals surface area (Å²) in [5, 5.41) is 10.4. The third-order valence-corrected chi connectivity index (χ3v) is 3.46. The normalized spacial score (nSPS) is 17.2. The fourth-order valence-corrected chi connectivity index (χ4v) is 2.46. The van der Waals surface area contributed by atoms with Crippen molar-refractivity contribution in [3.8, 4) is 0 Å². The third kappa shape index (κ3) is 1.81. The minimum Gasteiger partial charge on any atom is -0.384 e. The number of aromatic nitrogens is 1. The summed E-state index contributed by atoms with van der Waals surface area (Å²) in [7, 11) is 0. The van der Waals surface area contributed by atoms with Gasteiger partial charge in [-0.1, -0.05) is 34.1 Å². The van der Waals surface area contributed by atoms with Crippen LogP contribution < -0.4 is 0 Å². The van der Waals surface area contributed by atoms with Crippen molar-refractivity contribution >= 4 is 28.1 Å². The SMILES string of the molecule is OC1c2cnccc2C=Cc2ccc(Br)cc21. The van der Waals surface area contributed by atoms with Crippen LogP contribution in [0.1, 0.15) is 28.4 Å². The summed E-state index contributed by atoms with van der Waals surface area (Å²) in [6.45, 7) is 0. The molecule has 1 aromatic carbocycles. The number of halogens is 1. The quantitative estimate of drug-likeness (QED) is 0.806. The van der Waals surface area contributed by atoms with Crippen molar-refractivity contribution in [1.29, 1.82) is 0 Å². The van der Waals surface area contributed by atoms with Crippen LogP contribution in [0.5, 0.6) is 0 Å². The van der Waals surface area contributed by atoms with Crippen molar-refractivity contribution in [1.82, 2.24) is 4.98 Å². The predicted octanol–water partition coefficient (Wildman–Crippen LogP) is 3.41. The van der Waals surface area contributed by atoms with E-state index >= 15 is 0 Å². The van der Waals surface area contributed by atoms with Crippen LogP contribution in [0.15, 0.2) is 41.1 Å². The van der Waals surface area contributed by atoms with Crippen LogP contribution in [-0.2, 0) is 0 Å². The summed E-state index contributed by atoms with van der Waals surface area (Å²) in [5.41, 5.74) is 3.81. The first-order valence-electron chi connectivity index (χ1n) is 5.35. The molecule has 3 heteroatoms. The number of benzene rings is 1. The maximum Gasteiger partial charge on any atom is 0.107 e. The predicted molar refractivity (Wildman–Crippen MR) is 71.4 cm³/mol. The number of aliphatic hydroxyl groups is 1. The van der Waals surface area contributed by atoms with Crippen molar-refractivity contribution < 1.29 is 5.11 Å². The molecule has 0 radical (unpaired) electrons. The summed E-state index contributed by atoms with van der Waals surface area (Å²) >= 11 is 3.43. The molecule has 0 spiro atoms. The monoisotopic (exact) mass is 287 g/mol. The second kappa shape index (κ2) is 4.09. The largest absolute Gasteiger partial charge is 0.384 e. The Hall–Kier alpha value is -1.45. The van der Waals surface area contributed by atoms with E-state index in [1.807, 2.05) is 36.4 Å². The Bertz CT molecular complexity index is 607. The van der Waals surface area contributed by atoms with E-state index in [9.17, 15) is 5.11 Å². The molecule has 0 amide bonds. The van der Waals surface area contributed by atoms with Crippen LogP contribution in [0.2, 0.25) is 0 Å². The topological polar surface area (TPSA) is 33.1 Å². The van der Waals surface area contributed by atoms with E-state index in [1.54, 1.807) is 12.4 Å².